The van der Waals surface area contributed by atoms with Crippen molar-refractivity contribution >= 4 is 62.2 Å². The summed E-state index contributed by atoms with van der Waals surface area (Å²) < 4.78 is 11.3. The first-order valence-corrected chi connectivity index (χ1v) is 9.38. The summed E-state index contributed by atoms with van der Waals surface area (Å²) in [5, 5.41) is 0.0707. The number of halogens is 2. The number of benzene rings is 2. The second-order valence-corrected chi connectivity index (χ2v) is 7.51. The van der Waals surface area contributed by atoms with E-state index in [0.717, 1.165) is 16.7 Å². The summed E-state index contributed by atoms with van der Waals surface area (Å²) >= 11 is 10.2. The average molecular weight is 455 g/mol. The van der Waals surface area contributed by atoms with Crippen LogP contribution >= 0.6 is 39.3 Å². The number of nitrogens with zero attached hydrogens (tertiary/aromatic N) is 1. The third-order valence-corrected chi connectivity index (χ3v) is 5.38. The van der Waals surface area contributed by atoms with Gasteiger partial charge in [-0.1, -0.05) is 17.7 Å². The topological polar surface area (TPSA) is 55.8 Å². The van der Waals surface area contributed by atoms with Gasteiger partial charge >= 0.3 is 0 Å². The molecule has 0 unspecified atom stereocenters. The number of ether oxygens (including phenoxy) is 2. The van der Waals surface area contributed by atoms with Crippen LogP contribution in [0.4, 0.5) is 10.5 Å². The number of amides is 2. The molecule has 5 nitrogen and oxygen atoms in total. The maximum atomic E-state index is 12.7. The van der Waals surface area contributed by atoms with Crippen LogP contribution in [-0.2, 0) is 4.79 Å². The molecule has 2 amide bonds. The summed E-state index contributed by atoms with van der Waals surface area (Å²) in [6.07, 6.45) is 1.62. The molecule has 8 heteroatoms. The molecule has 26 heavy (non-hydrogen) atoms. The zero-order valence-corrected chi connectivity index (χ0v) is 16.9. The molecule has 134 valence electrons. The third-order valence-electron chi connectivity index (χ3n) is 3.65. The lowest BCUT2D eigenvalue weighted by atomic mass is 10.1. The Balaban J connectivity index is 1.99. The highest BCUT2D eigenvalue weighted by molar-refractivity contribution is 9.10. The molecule has 0 radical (unpaired) electrons. The number of hydrogen-bond donors (Lipinski definition) is 0. The van der Waals surface area contributed by atoms with Gasteiger partial charge in [0, 0.05) is 16.7 Å². The van der Waals surface area contributed by atoms with Crippen LogP contribution < -0.4 is 14.4 Å². The van der Waals surface area contributed by atoms with E-state index in [-0.39, 0.29) is 5.24 Å². The normalized spacial score (nSPS) is 15.7. The van der Waals surface area contributed by atoms with Gasteiger partial charge in [-0.3, -0.25) is 9.59 Å². The molecule has 1 heterocycles. The molecule has 0 saturated carbocycles. The van der Waals surface area contributed by atoms with E-state index in [9.17, 15) is 9.59 Å². The minimum atomic E-state index is -0.406. The number of carbonyl (C=O) groups is 2. The van der Waals surface area contributed by atoms with Gasteiger partial charge in [0.25, 0.3) is 11.1 Å². The van der Waals surface area contributed by atoms with Crippen LogP contribution in [0.1, 0.15) is 5.56 Å². The van der Waals surface area contributed by atoms with E-state index in [1.807, 2.05) is 0 Å². The number of methoxy groups -OCH3 is 2. The molecule has 2 aromatic carbocycles. The second-order valence-electron chi connectivity index (χ2n) is 5.23. The number of anilines is 1. The minimum absolute atomic E-state index is 0.297. The first kappa shape index (κ1) is 18.8. The zero-order chi connectivity index (χ0) is 18.8. The van der Waals surface area contributed by atoms with E-state index in [0.29, 0.717) is 37.2 Å². The summed E-state index contributed by atoms with van der Waals surface area (Å²) in [7, 11) is 3.08. The number of imide groups is 1. The molecule has 0 aliphatic carbocycles. The fourth-order valence-corrected chi connectivity index (χ4v) is 3.98. The Labute approximate surface area is 168 Å². The fraction of sp³-hybridized carbons (Fsp3) is 0.111. The Hall–Kier alpha value is -1.96. The smallest absolute Gasteiger partial charge is 0.298 e. The molecule has 1 aliphatic heterocycles. The molecule has 2 aromatic rings. The van der Waals surface area contributed by atoms with Crippen LogP contribution in [0.3, 0.4) is 0 Å². The molecular weight excluding hydrogens is 442 g/mol. The van der Waals surface area contributed by atoms with Gasteiger partial charge in [0.1, 0.15) is 11.5 Å². The highest BCUT2D eigenvalue weighted by Crippen LogP contribution is 2.39. The summed E-state index contributed by atoms with van der Waals surface area (Å²) in [6, 6.07) is 10.1. The van der Waals surface area contributed by atoms with Gasteiger partial charge in [-0.2, -0.15) is 0 Å². The Morgan fingerprint density at radius 2 is 1.85 bits per heavy atom. The summed E-state index contributed by atoms with van der Waals surface area (Å²) in [5.41, 5.74) is 1.09. The number of carbonyl (C=O) groups excluding carboxylic acids is 2. The molecule has 1 aliphatic rings. The van der Waals surface area contributed by atoms with Gasteiger partial charge in [-0.25, -0.2) is 4.90 Å². The van der Waals surface area contributed by atoms with Gasteiger partial charge in [-0.05, 0) is 58.0 Å². The largest absolute Gasteiger partial charge is 0.496 e. The van der Waals surface area contributed by atoms with Gasteiger partial charge in [0.2, 0.25) is 0 Å². The van der Waals surface area contributed by atoms with Crippen LogP contribution in [0.15, 0.2) is 45.8 Å². The van der Waals surface area contributed by atoms with E-state index in [1.54, 1.807) is 49.6 Å². The molecule has 0 bridgehead atoms. The van der Waals surface area contributed by atoms with Crippen molar-refractivity contribution in [3.05, 3.63) is 56.4 Å². The first-order chi connectivity index (χ1) is 12.4. The number of rotatable bonds is 4. The van der Waals surface area contributed by atoms with Gasteiger partial charge in [0.05, 0.1) is 29.3 Å². The SMILES string of the molecule is COc1cc(OC)c(/C=C2/SC(=O)N(c3cccc(Cl)c3)C2=O)cc1Br. The Bertz CT molecular complexity index is 931. The number of hydrogen-bond acceptors (Lipinski definition) is 5. The van der Waals surface area contributed by atoms with E-state index in [4.69, 9.17) is 21.1 Å². The van der Waals surface area contributed by atoms with Crippen molar-refractivity contribution in [2.75, 3.05) is 19.1 Å². The quantitative estimate of drug-likeness (QED) is 0.582. The average Bonchev–Trinajstić information content (AvgIpc) is 2.89. The predicted molar refractivity (Wildman–Crippen MR) is 107 cm³/mol. The van der Waals surface area contributed by atoms with E-state index >= 15 is 0 Å². The molecule has 0 spiro atoms. The monoisotopic (exact) mass is 453 g/mol. The standard InChI is InChI=1S/C18H13BrClNO4S/c1-24-14-9-15(25-2)13(19)6-10(14)7-16-17(22)21(18(23)26-16)12-5-3-4-11(20)8-12/h3-9H,1-2H3/b16-7+. The molecule has 0 atom stereocenters. The Morgan fingerprint density at radius 1 is 1.12 bits per heavy atom. The molecule has 3 rings (SSSR count). The van der Waals surface area contributed by atoms with E-state index < -0.39 is 5.91 Å². The van der Waals surface area contributed by atoms with Gasteiger partial charge in [-0.15, -0.1) is 0 Å². The van der Waals surface area contributed by atoms with Crippen LogP contribution in [0.5, 0.6) is 11.5 Å². The van der Waals surface area contributed by atoms with Gasteiger partial charge in [0.15, 0.2) is 0 Å². The van der Waals surface area contributed by atoms with Crippen molar-refractivity contribution in [1.29, 1.82) is 0 Å². The lowest BCUT2D eigenvalue weighted by molar-refractivity contribution is -0.113. The molecule has 0 aromatic heterocycles. The van der Waals surface area contributed by atoms with Crippen LogP contribution in [0.2, 0.25) is 5.02 Å². The van der Waals surface area contributed by atoms with Crippen molar-refractivity contribution in [3.8, 4) is 11.5 Å². The molecule has 1 saturated heterocycles. The summed E-state index contributed by atoms with van der Waals surface area (Å²) in [5.74, 6) is 0.724. The molecule has 0 N–H and O–H groups in total. The highest BCUT2D eigenvalue weighted by Gasteiger charge is 2.36. The summed E-state index contributed by atoms with van der Waals surface area (Å²) in [4.78, 5) is 26.5. The maximum Gasteiger partial charge on any atom is 0.298 e. The highest BCUT2D eigenvalue weighted by atomic mass is 79.9. The number of thioether (sulfide) groups is 1. The van der Waals surface area contributed by atoms with E-state index in [1.165, 1.54) is 7.11 Å². The van der Waals surface area contributed by atoms with Crippen LogP contribution in [0, 0.1) is 0 Å². The minimum Gasteiger partial charge on any atom is -0.496 e. The van der Waals surface area contributed by atoms with Crippen LogP contribution in [-0.4, -0.2) is 25.4 Å². The Kier molecular flexibility index (Phi) is 5.60. The first-order valence-electron chi connectivity index (χ1n) is 7.39. The third kappa shape index (κ3) is 3.60. The van der Waals surface area contributed by atoms with Crippen LogP contribution in [0.25, 0.3) is 6.08 Å². The molecular formula is C18H13BrClNO4S. The van der Waals surface area contributed by atoms with Crippen molar-refractivity contribution in [3.63, 3.8) is 0 Å². The lowest BCUT2D eigenvalue weighted by Gasteiger charge is -2.12. The lowest BCUT2D eigenvalue weighted by Crippen LogP contribution is -2.27. The van der Waals surface area contributed by atoms with Gasteiger partial charge < -0.3 is 9.47 Å². The maximum absolute atomic E-state index is 12.7. The molecule has 1 fully saturated rings. The Morgan fingerprint density at radius 3 is 2.50 bits per heavy atom. The predicted octanol–water partition coefficient (Wildman–Crippen LogP) is 5.36. The fourth-order valence-electron chi connectivity index (χ4n) is 2.44. The van der Waals surface area contributed by atoms with E-state index in [2.05, 4.69) is 15.9 Å². The second kappa shape index (κ2) is 7.73. The van der Waals surface area contributed by atoms with Crippen molar-refractivity contribution in [2.45, 2.75) is 0 Å². The zero-order valence-electron chi connectivity index (χ0n) is 13.8. The van der Waals surface area contributed by atoms with Crippen molar-refractivity contribution in [1.82, 2.24) is 0 Å². The summed E-state index contributed by atoms with van der Waals surface area (Å²) in [6.45, 7) is 0. The van der Waals surface area contributed by atoms with Crippen molar-refractivity contribution < 1.29 is 19.1 Å². The van der Waals surface area contributed by atoms with Crippen molar-refractivity contribution in [2.24, 2.45) is 0 Å².